The molecule has 0 aromatic heterocycles. The first kappa shape index (κ1) is 9.30. The van der Waals surface area contributed by atoms with Crippen molar-refractivity contribution in [3.63, 3.8) is 0 Å². The van der Waals surface area contributed by atoms with E-state index in [9.17, 15) is 4.79 Å². The SMILES string of the molecule is C=CCCCCC1CCOC1=O. The summed E-state index contributed by atoms with van der Waals surface area (Å²) in [5.74, 6) is 0.198. The number of ether oxygens (including phenoxy) is 1. The fourth-order valence-corrected chi connectivity index (χ4v) is 1.48. The monoisotopic (exact) mass is 168 g/mol. The summed E-state index contributed by atoms with van der Waals surface area (Å²) in [7, 11) is 0. The second kappa shape index (κ2) is 4.96. The first-order valence-electron chi connectivity index (χ1n) is 4.62. The topological polar surface area (TPSA) is 26.3 Å². The summed E-state index contributed by atoms with van der Waals surface area (Å²) >= 11 is 0. The molecule has 1 saturated heterocycles. The van der Waals surface area contributed by atoms with Crippen molar-refractivity contribution in [3.05, 3.63) is 12.7 Å². The van der Waals surface area contributed by atoms with Crippen molar-refractivity contribution >= 4 is 5.97 Å². The van der Waals surface area contributed by atoms with Gasteiger partial charge in [0.15, 0.2) is 0 Å². The Bertz CT molecular complexity index is 163. The Morgan fingerprint density at radius 1 is 1.58 bits per heavy atom. The molecule has 2 heteroatoms. The van der Waals surface area contributed by atoms with Gasteiger partial charge in [0.25, 0.3) is 0 Å². The molecule has 1 rings (SSSR count). The highest BCUT2D eigenvalue weighted by molar-refractivity contribution is 5.73. The van der Waals surface area contributed by atoms with Crippen LogP contribution >= 0.6 is 0 Å². The molecule has 1 atom stereocenters. The van der Waals surface area contributed by atoms with E-state index in [1.165, 1.54) is 0 Å². The number of rotatable bonds is 5. The average Bonchev–Trinajstić information content (AvgIpc) is 2.46. The van der Waals surface area contributed by atoms with Gasteiger partial charge in [0, 0.05) is 0 Å². The fourth-order valence-electron chi connectivity index (χ4n) is 1.48. The first-order chi connectivity index (χ1) is 5.84. The molecule has 68 valence electrons. The van der Waals surface area contributed by atoms with E-state index >= 15 is 0 Å². The molecular weight excluding hydrogens is 152 g/mol. The van der Waals surface area contributed by atoms with Crippen LogP contribution in [0.3, 0.4) is 0 Å². The van der Waals surface area contributed by atoms with Gasteiger partial charge in [-0.05, 0) is 25.7 Å². The number of hydrogen-bond acceptors (Lipinski definition) is 2. The summed E-state index contributed by atoms with van der Waals surface area (Å²) < 4.78 is 4.86. The lowest BCUT2D eigenvalue weighted by molar-refractivity contribution is -0.141. The third kappa shape index (κ3) is 2.68. The molecule has 1 aliphatic heterocycles. The van der Waals surface area contributed by atoms with Gasteiger partial charge in [-0.15, -0.1) is 6.58 Å². The molecule has 0 saturated carbocycles. The van der Waals surface area contributed by atoms with Crippen molar-refractivity contribution in [2.75, 3.05) is 6.61 Å². The van der Waals surface area contributed by atoms with Gasteiger partial charge >= 0.3 is 5.97 Å². The number of carbonyl (C=O) groups excluding carboxylic acids is 1. The molecule has 0 N–H and O–H groups in total. The van der Waals surface area contributed by atoms with Gasteiger partial charge < -0.3 is 4.74 Å². The molecular formula is C10H16O2. The standard InChI is InChI=1S/C10H16O2/c1-2-3-4-5-6-9-7-8-12-10(9)11/h2,9H,1,3-8H2. The van der Waals surface area contributed by atoms with Crippen LogP contribution < -0.4 is 0 Å². The zero-order valence-corrected chi connectivity index (χ0v) is 7.42. The number of esters is 1. The lowest BCUT2D eigenvalue weighted by atomic mass is 10.0. The van der Waals surface area contributed by atoms with Crippen molar-refractivity contribution in [1.29, 1.82) is 0 Å². The summed E-state index contributed by atoms with van der Waals surface area (Å²) in [5.41, 5.74) is 0. The van der Waals surface area contributed by atoms with Crippen LogP contribution in [0.2, 0.25) is 0 Å². The molecule has 12 heavy (non-hydrogen) atoms. The Hall–Kier alpha value is -0.790. The normalized spacial score (nSPS) is 22.3. The lowest BCUT2D eigenvalue weighted by Gasteiger charge is -2.02. The number of cyclic esters (lactones) is 1. The molecule has 1 heterocycles. The van der Waals surface area contributed by atoms with E-state index < -0.39 is 0 Å². The van der Waals surface area contributed by atoms with Gasteiger partial charge in [-0.1, -0.05) is 12.5 Å². The number of unbranched alkanes of at least 4 members (excludes halogenated alkanes) is 2. The zero-order chi connectivity index (χ0) is 8.81. The Labute approximate surface area is 73.6 Å². The Morgan fingerprint density at radius 3 is 3.00 bits per heavy atom. The van der Waals surface area contributed by atoms with Crippen LogP contribution in [0.15, 0.2) is 12.7 Å². The summed E-state index contributed by atoms with van der Waals surface area (Å²) in [4.78, 5) is 11.0. The number of carbonyl (C=O) groups is 1. The minimum Gasteiger partial charge on any atom is -0.465 e. The highest BCUT2D eigenvalue weighted by Gasteiger charge is 2.25. The smallest absolute Gasteiger partial charge is 0.309 e. The van der Waals surface area contributed by atoms with Gasteiger partial charge in [0.1, 0.15) is 0 Å². The van der Waals surface area contributed by atoms with Crippen LogP contribution in [-0.4, -0.2) is 12.6 Å². The molecule has 0 spiro atoms. The van der Waals surface area contributed by atoms with Crippen LogP contribution in [-0.2, 0) is 9.53 Å². The predicted molar refractivity (Wildman–Crippen MR) is 47.7 cm³/mol. The van der Waals surface area contributed by atoms with Crippen molar-refractivity contribution < 1.29 is 9.53 Å². The predicted octanol–water partition coefficient (Wildman–Crippen LogP) is 2.30. The van der Waals surface area contributed by atoms with E-state index in [4.69, 9.17) is 4.74 Å². The molecule has 0 aromatic carbocycles. The van der Waals surface area contributed by atoms with Gasteiger partial charge in [-0.3, -0.25) is 4.79 Å². The van der Waals surface area contributed by atoms with E-state index in [0.29, 0.717) is 6.61 Å². The second-order valence-corrected chi connectivity index (χ2v) is 3.23. The highest BCUT2D eigenvalue weighted by atomic mass is 16.5. The van der Waals surface area contributed by atoms with Gasteiger partial charge in [-0.2, -0.15) is 0 Å². The Balaban J connectivity index is 2.06. The molecule has 0 amide bonds. The molecule has 1 fully saturated rings. The molecule has 0 radical (unpaired) electrons. The molecule has 2 nitrogen and oxygen atoms in total. The summed E-state index contributed by atoms with van der Waals surface area (Å²) in [6, 6.07) is 0. The van der Waals surface area contributed by atoms with Crippen molar-refractivity contribution in [3.8, 4) is 0 Å². The third-order valence-electron chi connectivity index (χ3n) is 2.25. The second-order valence-electron chi connectivity index (χ2n) is 3.23. The minimum absolute atomic E-state index is 0.00797. The lowest BCUT2D eigenvalue weighted by Crippen LogP contribution is -2.06. The number of hydrogen-bond donors (Lipinski definition) is 0. The van der Waals surface area contributed by atoms with Gasteiger partial charge in [0.05, 0.1) is 12.5 Å². The van der Waals surface area contributed by atoms with Crippen LogP contribution in [0.5, 0.6) is 0 Å². The third-order valence-corrected chi connectivity index (χ3v) is 2.25. The quantitative estimate of drug-likeness (QED) is 0.357. The molecule has 1 aliphatic rings. The maximum absolute atomic E-state index is 11.0. The maximum Gasteiger partial charge on any atom is 0.309 e. The maximum atomic E-state index is 11.0. The van der Waals surface area contributed by atoms with Crippen LogP contribution in [0.1, 0.15) is 32.1 Å². The fraction of sp³-hybridized carbons (Fsp3) is 0.700. The zero-order valence-electron chi connectivity index (χ0n) is 7.42. The van der Waals surface area contributed by atoms with Crippen LogP contribution in [0.4, 0.5) is 0 Å². The van der Waals surface area contributed by atoms with Gasteiger partial charge in [-0.25, -0.2) is 0 Å². The van der Waals surface area contributed by atoms with E-state index in [0.717, 1.165) is 32.1 Å². The molecule has 0 aliphatic carbocycles. The van der Waals surface area contributed by atoms with E-state index in [1.54, 1.807) is 0 Å². The average molecular weight is 168 g/mol. The van der Waals surface area contributed by atoms with Crippen molar-refractivity contribution in [1.82, 2.24) is 0 Å². The van der Waals surface area contributed by atoms with Crippen molar-refractivity contribution in [2.45, 2.75) is 32.1 Å². The molecule has 0 aromatic rings. The Morgan fingerprint density at radius 2 is 2.42 bits per heavy atom. The van der Waals surface area contributed by atoms with Crippen LogP contribution in [0.25, 0.3) is 0 Å². The molecule has 0 bridgehead atoms. The summed E-state index contributed by atoms with van der Waals surface area (Å²) in [6.07, 6.45) is 7.16. The molecule has 1 unspecified atom stereocenters. The van der Waals surface area contributed by atoms with Crippen molar-refractivity contribution in [2.24, 2.45) is 5.92 Å². The van der Waals surface area contributed by atoms with E-state index in [-0.39, 0.29) is 11.9 Å². The van der Waals surface area contributed by atoms with E-state index in [1.807, 2.05) is 6.08 Å². The minimum atomic E-state index is 0.00797. The Kier molecular flexibility index (Phi) is 3.85. The highest BCUT2D eigenvalue weighted by Crippen LogP contribution is 2.20. The summed E-state index contributed by atoms with van der Waals surface area (Å²) in [5, 5.41) is 0. The van der Waals surface area contributed by atoms with Crippen LogP contribution in [0, 0.1) is 5.92 Å². The first-order valence-corrected chi connectivity index (χ1v) is 4.62. The summed E-state index contributed by atoms with van der Waals surface area (Å²) in [6.45, 7) is 4.28. The van der Waals surface area contributed by atoms with Gasteiger partial charge in [0.2, 0.25) is 0 Å². The van der Waals surface area contributed by atoms with E-state index in [2.05, 4.69) is 6.58 Å². The largest absolute Gasteiger partial charge is 0.465 e. The number of allylic oxidation sites excluding steroid dienone is 1.